The van der Waals surface area contributed by atoms with Gasteiger partial charge in [0, 0.05) is 0 Å². The molecular weight excluding hydrogens is 298 g/mol. The van der Waals surface area contributed by atoms with Crippen molar-refractivity contribution >= 4 is 33.9 Å². The van der Waals surface area contributed by atoms with E-state index in [-0.39, 0.29) is 29.3 Å². The summed E-state index contributed by atoms with van der Waals surface area (Å²) in [4.78, 5) is 27.2. The van der Waals surface area contributed by atoms with Crippen molar-refractivity contribution in [3.63, 3.8) is 0 Å². The highest BCUT2D eigenvalue weighted by Gasteiger charge is 2.25. The highest BCUT2D eigenvalue weighted by atomic mass is 32.1. The summed E-state index contributed by atoms with van der Waals surface area (Å²) in [6.07, 6.45) is 1.18. The van der Waals surface area contributed by atoms with Gasteiger partial charge >= 0.3 is 5.97 Å². The van der Waals surface area contributed by atoms with Gasteiger partial charge in [0.1, 0.15) is 9.88 Å². The molecule has 2 heterocycles. The van der Waals surface area contributed by atoms with Gasteiger partial charge in [-0.2, -0.15) is 4.98 Å². The molecule has 112 valence electrons. The van der Waals surface area contributed by atoms with Gasteiger partial charge in [-0.25, -0.2) is 4.79 Å². The number of hydrogen-bond donors (Lipinski definition) is 3. The second kappa shape index (κ2) is 6.22. The number of nitrogens with two attached hydrogens (primary N) is 2. The maximum atomic E-state index is 11.8. The monoisotopic (exact) mass is 311 g/mol. The zero-order valence-electron chi connectivity index (χ0n) is 11.1. The number of nitrogens with one attached hydrogen (secondary N) is 1. The largest absolute Gasteiger partial charge is 0.462 e. The van der Waals surface area contributed by atoms with Crippen LogP contribution in [-0.2, 0) is 11.3 Å². The molecule has 0 saturated carbocycles. The smallest absolute Gasteiger partial charge is 0.350 e. The van der Waals surface area contributed by atoms with Gasteiger partial charge in [-0.3, -0.25) is 4.79 Å². The molecule has 2 aromatic heterocycles. The van der Waals surface area contributed by atoms with Gasteiger partial charge in [-0.15, -0.1) is 11.3 Å². The summed E-state index contributed by atoms with van der Waals surface area (Å²) in [6.45, 7) is 2.07. The lowest BCUT2D eigenvalue weighted by molar-refractivity contribution is 0.0533. The van der Waals surface area contributed by atoms with Crippen LogP contribution in [-0.4, -0.2) is 28.6 Å². The van der Waals surface area contributed by atoms with Crippen molar-refractivity contribution in [1.82, 2.24) is 10.1 Å². The van der Waals surface area contributed by atoms with Crippen LogP contribution in [0.1, 0.15) is 32.8 Å². The third kappa shape index (κ3) is 3.11. The fourth-order valence-corrected chi connectivity index (χ4v) is 2.61. The molecular formula is C11H13N5O4S. The van der Waals surface area contributed by atoms with Crippen LogP contribution in [0.25, 0.3) is 0 Å². The van der Waals surface area contributed by atoms with Gasteiger partial charge in [-0.05, 0) is 6.92 Å². The van der Waals surface area contributed by atoms with Gasteiger partial charge in [-0.1, -0.05) is 5.16 Å². The van der Waals surface area contributed by atoms with Gasteiger partial charge in [0.15, 0.2) is 5.82 Å². The molecule has 0 aromatic carbocycles. The first-order valence-electron chi connectivity index (χ1n) is 5.92. The van der Waals surface area contributed by atoms with E-state index in [4.69, 9.17) is 16.2 Å². The van der Waals surface area contributed by atoms with E-state index in [9.17, 15) is 9.59 Å². The number of rotatable bonds is 6. The number of nitrogen functional groups attached to an aromatic ring is 1. The van der Waals surface area contributed by atoms with Crippen LogP contribution in [0.15, 0.2) is 10.9 Å². The molecule has 0 unspecified atom stereocenters. The van der Waals surface area contributed by atoms with Crippen LogP contribution in [0.5, 0.6) is 0 Å². The number of esters is 1. The predicted octanol–water partition coefficient (Wildman–Crippen LogP) is 0.601. The number of carbonyl (C=O) groups excluding carboxylic acids is 2. The highest BCUT2D eigenvalue weighted by molar-refractivity contribution is 7.19. The van der Waals surface area contributed by atoms with E-state index in [0.717, 1.165) is 11.3 Å². The number of carbonyl (C=O) groups is 2. The average molecular weight is 311 g/mol. The number of ether oxygens (including phenoxy) is 1. The SMILES string of the molecule is CCOC(=O)c1sc(NCc2ncon2)c(C(N)=O)c1N. The summed E-state index contributed by atoms with van der Waals surface area (Å²) in [5.41, 5.74) is 11.2. The van der Waals surface area contributed by atoms with Crippen LogP contribution in [0.2, 0.25) is 0 Å². The molecule has 0 aliphatic rings. The molecule has 0 spiro atoms. The maximum Gasteiger partial charge on any atom is 0.350 e. The standard InChI is InChI=1S/C11H13N5O4S/c1-2-19-11(18)8-7(12)6(9(13)17)10(21-8)14-3-5-15-4-20-16-5/h4,14H,2-3,12H2,1H3,(H2,13,17). The van der Waals surface area contributed by atoms with Crippen molar-refractivity contribution in [2.45, 2.75) is 13.5 Å². The Balaban J connectivity index is 2.28. The molecule has 2 aromatic rings. The molecule has 0 radical (unpaired) electrons. The van der Waals surface area contributed by atoms with E-state index >= 15 is 0 Å². The van der Waals surface area contributed by atoms with E-state index in [2.05, 4.69) is 20.0 Å². The van der Waals surface area contributed by atoms with Crippen molar-refractivity contribution in [1.29, 1.82) is 0 Å². The molecule has 1 amide bonds. The Hall–Kier alpha value is -2.62. The Labute approximate surface area is 123 Å². The number of primary amides is 1. The van der Waals surface area contributed by atoms with Gasteiger partial charge in [0.05, 0.1) is 24.4 Å². The van der Waals surface area contributed by atoms with Crippen molar-refractivity contribution in [2.24, 2.45) is 5.73 Å². The summed E-state index contributed by atoms with van der Waals surface area (Å²) >= 11 is 0.987. The first-order chi connectivity index (χ1) is 10.0. The first kappa shape index (κ1) is 14.8. The Morgan fingerprint density at radius 3 is 2.86 bits per heavy atom. The lowest BCUT2D eigenvalue weighted by atomic mass is 10.2. The van der Waals surface area contributed by atoms with Gasteiger partial charge in [0.25, 0.3) is 5.91 Å². The van der Waals surface area contributed by atoms with Crippen LogP contribution in [0.3, 0.4) is 0 Å². The maximum absolute atomic E-state index is 11.8. The molecule has 0 bridgehead atoms. The molecule has 10 heteroatoms. The summed E-state index contributed by atoms with van der Waals surface area (Å²) in [5, 5.41) is 6.87. The number of anilines is 2. The third-order valence-corrected chi connectivity index (χ3v) is 3.61. The molecule has 0 saturated heterocycles. The Morgan fingerprint density at radius 2 is 2.29 bits per heavy atom. The van der Waals surface area contributed by atoms with Crippen molar-refractivity contribution < 1.29 is 18.8 Å². The lowest BCUT2D eigenvalue weighted by Gasteiger charge is -2.02. The second-order valence-electron chi connectivity index (χ2n) is 3.83. The Bertz CT molecular complexity index is 652. The van der Waals surface area contributed by atoms with Crippen LogP contribution < -0.4 is 16.8 Å². The molecule has 0 aliphatic carbocycles. The molecule has 0 fully saturated rings. The normalized spacial score (nSPS) is 10.3. The van der Waals surface area contributed by atoms with E-state index in [1.807, 2.05) is 0 Å². The van der Waals surface area contributed by atoms with E-state index in [1.54, 1.807) is 6.92 Å². The molecule has 2 rings (SSSR count). The Morgan fingerprint density at radius 1 is 1.52 bits per heavy atom. The van der Waals surface area contributed by atoms with Crippen LogP contribution in [0.4, 0.5) is 10.7 Å². The van der Waals surface area contributed by atoms with Crippen molar-refractivity contribution in [3.8, 4) is 0 Å². The number of amides is 1. The van der Waals surface area contributed by atoms with Crippen molar-refractivity contribution in [2.75, 3.05) is 17.7 Å². The zero-order valence-corrected chi connectivity index (χ0v) is 11.9. The molecule has 21 heavy (non-hydrogen) atoms. The second-order valence-corrected chi connectivity index (χ2v) is 4.86. The minimum absolute atomic E-state index is 0.00145. The van der Waals surface area contributed by atoms with Gasteiger partial charge in [0.2, 0.25) is 6.39 Å². The minimum atomic E-state index is -0.741. The first-order valence-corrected chi connectivity index (χ1v) is 6.74. The summed E-state index contributed by atoms with van der Waals surface area (Å²) in [7, 11) is 0. The summed E-state index contributed by atoms with van der Waals surface area (Å²) in [5.74, 6) is -0.958. The van der Waals surface area contributed by atoms with Gasteiger partial charge < -0.3 is 26.0 Å². The number of nitrogens with zero attached hydrogens (tertiary/aromatic N) is 2. The average Bonchev–Trinajstić information content (AvgIpc) is 3.03. The topological polar surface area (TPSA) is 146 Å². The van der Waals surface area contributed by atoms with Crippen LogP contribution >= 0.6 is 11.3 Å². The number of aromatic nitrogens is 2. The fraction of sp³-hybridized carbons (Fsp3) is 0.273. The van der Waals surface area contributed by atoms with E-state index < -0.39 is 11.9 Å². The lowest BCUT2D eigenvalue weighted by Crippen LogP contribution is -2.15. The number of hydrogen-bond acceptors (Lipinski definition) is 9. The predicted molar refractivity (Wildman–Crippen MR) is 74.8 cm³/mol. The minimum Gasteiger partial charge on any atom is -0.462 e. The fourth-order valence-electron chi connectivity index (χ4n) is 1.59. The zero-order chi connectivity index (χ0) is 15.4. The number of thiophene rings is 1. The van der Waals surface area contributed by atoms with Crippen LogP contribution in [0, 0.1) is 0 Å². The summed E-state index contributed by atoms with van der Waals surface area (Å²) in [6, 6.07) is 0. The quantitative estimate of drug-likeness (QED) is 0.657. The summed E-state index contributed by atoms with van der Waals surface area (Å²) < 4.78 is 9.47. The Kier molecular flexibility index (Phi) is 4.38. The van der Waals surface area contributed by atoms with E-state index in [1.165, 1.54) is 6.39 Å². The van der Waals surface area contributed by atoms with E-state index in [0.29, 0.717) is 10.8 Å². The molecule has 0 atom stereocenters. The highest BCUT2D eigenvalue weighted by Crippen LogP contribution is 2.36. The molecule has 9 nitrogen and oxygen atoms in total. The van der Waals surface area contributed by atoms with Crippen molar-refractivity contribution in [3.05, 3.63) is 22.7 Å². The molecule has 5 N–H and O–H groups in total. The molecule has 0 aliphatic heterocycles. The third-order valence-electron chi connectivity index (χ3n) is 2.47.